The Morgan fingerprint density at radius 3 is 2.28 bits per heavy atom. The maximum absolute atomic E-state index is 13.1. The molecule has 0 bridgehead atoms. The zero-order valence-electron chi connectivity index (χ0n) is 17.0. The summed E-state index contributed by atoms with van der Waals surface area (Å²) in [5.74, 6) is 0.248. The lowest BCUT2D eigenvalue weighted by molar-refractivity contribution is 0.310. The number of nitrogens with one attached hydrogen (secondary N) is 1. The van der Waals surface area contributed by atoms with Crippen LogP contribution in [-0.4, -0.2) is 44.6 Å². The van der Waals surface area contributed by atoms with E-state index in [0.717, 1.165) is 11.3 Å². The molecular formula is C22H24FN5O. The van der Waals surface area contributed by atoms with Crippen molar-refractivity contribution >= 4 is 11.6 Å². The standard InChI is InChI=1S/C22H24FN5O/c1-27(2)18-11-7-15(8-12-18)20(28(3)4)14-25-22-19(13-24)26-21(29-22)16-5-9-17(23)10-6-16/h5-12,20,25H,14H2,1-4H3. The van der Waals surface area contributed by atoms with E-state index in [2.05, 4.69) is 44.4 Å². The number of oxazole rings is 1. The molecule has 7 heteroatoms. The van der Waals surface area contributed by atoms with Crippen molar-refractivity contribution in [2.75, 3.05) is 45.0 Å². The number of benzene rings is 2. The zero-order valence-corrected chi connectivity index (χ0v) is 17.0. The molecular weight excluding hydrogens is 369 g/mol. The van der Waals surface area contributed by atoms with Gasteiger partial charge in [0, 0.05) is 31.9 Å². The summed E-state index contributed by atoms with van der Waals surface area (Å²) in [6.45, 7) is 0.529. The lowest BCUT2D eigenvalue weighted by Gasteiger charge is -2.25. The van der Waals surface area contributed by atoms with Gasteiger partial charge in [0.15, 0.2) is 0 Å². The highest BCUT2D eigenvalue weighted by Crippen LogP contribution is 2.27. The summed E-state index contributed by atoms with van der Waals surface area (Å²) in [5.41, 5.74) is 3.05. The number of rotatable bonds is 7. The SMILES string of the molecule is CN(C)c1ccc(C(CNc2oc(-c3ccc(F)cc3)nc2C#N)N(C)C)cc1. The maximum Gasteiger partial charge on any atom is 0.232 e. The van der Waals surface area contributed by atoms with E-state index >= 15 is 0 Å². The molecule has 0 spiro atoms. The normalized spacial score (nSPS) is 11.9. The zero-order chi connectivity index (χ0) is 21.0. The Hall–Kier alpha value is -3.37. The van der Waals surface area contributed by atoms with Gasteiger partial charge in [0.2, 0.25) is 17.5 Å². The van der Waals surface area contributed by atoms with Crippen molar-refractivity contribution in [1.82, 2.24) is 9.88 Å². The van der Waals surface area contributed by atoms with Crippen molar-refractivity contribution in [1.29, 1.82) is 5.26 Å². The molecule has 1 aromatic heterocycles. The molecule has 2 aromatic carbocycles. The van der Waals surface area contributed by atoms with Gasteiger partial charge in [0.05, 0.1) is 6.04 Å². The average Bonchev–Trinajstić information content (AvgIpc) is 3.12. The summed E-state index contributed by atoms with van der Waals surface area (Å²) in [6.07, 6.45) is 0. The third kappa shape index (κ3) is 4.73. The van der Waals surface area contributed by atoms with Gasteiger partial charge in [-0.2, -0.15) is 10.2 Å². The average molecular weight is 393 g/mol. The van der Waals surface area contributed by atoms with E-state index in [0.29, 0.717) is 18.0 Å². The van der Waals surface area contributed by atoms with E-state index in [1.54, 1.807) is 12.1 Å². The summed E-state index contributed by atoms with van der Waals surface area (Å²) >= 11 is 0. The van der Waals surface area contributed by atoms with Crippen LogP contribution in [0, 0.1) is 17.1 Å². The molecule has 0 saturated heterocycles. The number of nitrogens with zero attached hydrogens (tertiary/aromatic N) is 4. The molecule has 0 saturated carbocycles. The number of nitriles is 1. The number of anilines is 2. The second-order valence-corrected chi connectivity index (χ2v) is 7.16. The van der Waals surface area contributed by atoms with Gasteiger partial charge in [0.25, 0.3) is 0 Å². The molecule has 0 amide bonds. The van der Waals surface area contributed by atoms with Gasteiger partial charge in [-0.1, -0.05) is 12.1 Å². The predicted molar refractivity (Wildman–Crippen MR) is 112 cm³/mol. The van der Waals surface area contributed by atoms with E-state index in [-0.39, 0.29) is 23.4 Å². The minimum atomic E-state index is -0.340. The van der Waals surface area contributed by atoms with Gasteiger partial charge in [0.1, 0.15) is 11.9 Å². The molecule has 150 valence electrons. The van der Waals surface area contributed by atoms with Gasteiger partial charge in [-0.3, -0.25) is 0 Å². The molecule has 6 nitrogen and oxygen atoms in total. The van der Waals surface area contributed by atoms with E-state index in [4.69, 9.17) is 4.42 Å². The van der Waals surface area contributed by atoms with Crippen LogP contribution in [0.5, 0.6) is 0 Å². The Balaban J connectivity index is 1.79. The number of aromatic nitrogens is 1. The molecule has 0 aliphatic heterocycles. The smallest absolute Gasteiger partial charge is 0.232 e. The lowest BCUT2D eigenvalue weighted by atomic mass is 10.1. The van der Waals surface area contributed by atoms with Crippen molar-refractivity contribution in [2.45, 2.75) is 6.04 Å². The maximum atomic E-state index is 13.1. The van der Waals surface area contributed by atoms with E-state index in [1.807, 2.05) is 34.3 Å². The first-order valence-electron chi connectivity index (χ1n) is 9.23. The third-order valence-electron chi connectivity index (χ3n) is 4.70. The van der Waals surface area contributed by atoms with Crippen LogP contribution in [0.1, 0.15) is 17.3 Å². The lowest BCUT2D eigenvalue weighted by Crippen LogP contribution is -2.27. The first-order chi connectivity index (χ1) is 13.9. The molecule has 1 unspecified atom stereocenters. The Morgan fingerprint density at radius 1 is 1.07 bits per heavy atom. The van der Waals surface area contributed by atoms with Crippen LogP contribution in [0.4, 0.5) is 16.0 Å². The topological polar surface area (TPSA) is 68.3 Å². The fourth-order valence-electron chi connectivity index (χ4n) is 3.01. The highest BCUT2D eigenvalue weighted by atomic mass is 19.1. The predicted octanol–water partition coefficient (Wildman–Crippen LogP) is 4.13. The summed E-state index contributed by atoms with van der Waals surface area (Å²) in [4.78, 5) is 8.37. The molecule has 1 heterocycles. The van der Waals surface area contributed by atoms with Crippen molar-refractivity contribution in [3.05, 3.63) is 65.6 Å². The Morgan fingerprint density at radius 2 is 1.72 bits per heavy atom. The third-order valence-corrected chi connectivity index (χ3v) is 4.70. The van der Waals surface area contributed by atoms with Gasteiger partial charge in [-0.05, 0) is 56.1 Å². The van der Waals surface area contributed by atoms with Crippen LogP contribution in [0.3, 0.4) is 0 Å². The molecule has 0 aliphatic carbocycles. The van der Waals surface area contributed by atoms with Gasteiger partial charge < -0.3 is 19.5 Å². The van der Waals surface area contributed by atoms with Crippen LogP contribution in [0.2, 0.25) is 0 Å². The summed E-state index contributed by atoms with van der Waals surface area (Å²) < 4.78 is 18.9. The summed E-state index contributed by atoms with van der Waals surface area (Å²) in [7, 11) is 8.02. The fraction of sp³-hybridized carbons (Fsp3) is 0.273. The number of hydrogen-bond donors (Lipinski definition) is 1. The second kappa shape index (κ2) is 8.76. The van der Waals surface area contributed by atoms with Crippen LogP contribution in [-0.2, 0) is 0 Å². The Kier molecular flexibility index (Phi) is 6.15. The number of hydrogen-bond acceptors (Lipinski definition) is 6. The van der Waals surface area contributed by atoms with Crippen molar-refractivity contribution < 1.29 is 8.81 Å². The molecule has 1 N–H and O–H groups in total. The van der Waals surface area contributed by atoms with Gasteiger partial charge in [-0.15, -0.1) is 0 Å². The van der Waals surface area contributed by atoms with Crippen molar-refractivity contribution in [3.63, 3.8) is 0 Å². The second-order valence-electron chi connectivity index (χ2n) is 7.16. The van der Waals surface area contributed by atoms with Crippen LogP contribution in [0.15, 0.2) is 52.9 Å². The summed E-state index contributed by atoms with van der Waals surface area (Å²) in [6, 6.07) is 16.3. The highest BCUT2D eigenvalue weighted by Gasteiger charge is 2.19. The molecule has 0 fully saturated rings. The summed E-state index contributed by atoms with van der Waals surface area (Å²) in [5, 5.41) is 12.6. The largest absolute Gasteiger partial charge is 0.419 e. The first kappa shape index (κ1) is 20.4. The van der Waals surface area contributed by atoms with E-state index < -0.39 is 0 Å². The molecule has 0 radical (unpaired) electrons. The van der Waals surface area contributed by atoms with Crippen LogP contribution in [0.25, 0.3) is 11.5 Å². The monoisotopic (exact) mass is 393 g/mol. The molecule has 3 rings (SSSR count). The molecule has 0 aliphatic rings. The Labute approximate surface area is 170 Å². The highest BCUT2D eigenvalue weighted by molar-refractivity contribution is 5.58. The molecule has 3 aromatic rings. The van der Waals surface area contributed by atoms with Crippen molar-refractivity contribution in [3.8, 4) is 17.5 Å². The Bertz CT molecular complexity index is 988. The van der Waals surface area contributed by atoms with Gasteiger partial charge >= 0.3 is 0 Å². The first-order valence-corrected chi connectivity index (χ1v) is 9.23. The van der Waals surface area contributed by atoms with Gasteiger partial charge in [-0.25, -0.2) is 4.39 Å². The quantitative estimate of drug-likeness (QED) is 0.651. The van der Waals surface area contributed by atoms with Crippen LogP contribution >= 0.6 is 0 Å². The van der Waals surface area contributed by atoms with Crippen molar-refractivity contribution in [2.24, 2.45) is 0 Å². The molecule has 1 atom stereocenters. The number of likely N-dealkylation sites (N-methyl/N-ethyl adjacent to an activating group) is 1. The number of halogens is 1. The minimum absolute atomic E-state index is 0.0668. The minimum Gasteiger partial charge on any atom is -0.419 e. The van der Waals surface area contributed by atoms with Crippen LogP contribution < -0.4 is 10.2 Å². The van der Waals surface area contributed by atoms with E-state index in [1.165, 1.54) is 12.1 Å². The molecule has 29 heavy (non-hydrogen) atoms. The van der Waals surface area contributed by atoms with E-state index in [9.17, 15) is 9.65 Å². The fourth-order valence-corrected chi connectivity index (χ4v) is 3.01.